The Morgan fingerprint density at radius 3 is 2.00 bits per heavy atom. The second-order valence-corrected chi connectivity index (χ2v) is 3.12. The monoisotopic (exact) mass is 186 g/mol. The summed E-state index contributed by atoms with van der Waals surface area (Å²) in [6, 6.07) is 0. The summed E-state index contributed by atoms with van der Waals surface area (Å²) < 4.78 is 0. The minimum Gasteiger partial charge on any atom is -0.294 e. The maximum atomic E-state index is 10.5. The molecule has 0 saturated carbocycles. The second-order valence-electron chi connectivity index (χ2n) is 3.12. The number of hydrogen-bond acceptors (Lipinski definition) is 1. The van der Waals surface area contributed by atoms with Gasteiger partial charge >= 0.3 is 0 Å². The number of carbonyl (C=O) groups is 1. The van der Waals surface area contributed by atoms with E-state index < -0.39 is 0 Å². The standard InChI is InChI=1S/C13H14O/c1-11(2)7-5-8-12(3)9-6-10-13(4)14/h8,10H,1-4H3. The molecule has 0 aliphatic carbocycles. The quantitative estimate of drug-likeness (QED) is 0.368. The molecular formula is C13H14O. The average Bonchev–Trinajstić information content (AvgIpc) is 2.02. The van der Waals surface area contributed by atoms with Crippen LogP contribution in [0.5, 0.6) is 0 Å². The summed E-state index contributed by atoms with van der Waals surface area (Å²) in [4.78, 5) is 10.5. The third-order valence-electron chi connectivity index (χ3n) is 1.16. The van der Waals surface area contributed by atoms with Gasteiger partial charge in [-0.25, -0.2) is 0 Å². The highest BCUT2D eigenvalue weighted by molar-refractivity contribution is 5.86. The lowest BCUT2D eigenvalue weighted by atomic mass is 10.3. The molecule has 1 nitrogen and oxygen atoms in total. The molecule has 0 aliphatic rings. The van der Waals surface area contributed by atoms with E-state index in [-0.39, 0.29) is 5.78 Å². The Morgan fingerprint density at radius 1 is 0.929 bits per heavy atom. The Balaban J connectivity index is 4.92. The topological polar surface area (TPSA) is 17.1 Å². The molecule has 0 heterocycles. The van der Waals surface area contributed by atoms with Crippen LogP contribution in [0, 0.1) is 0 Å². The van der Waals surface area contributed by atoms with Crippen molar-refractivity contribution < 1.29 is 4.79 Å². The number of rotatable bonds is 2. The largest absolute Gasteiger partial charge is 0.294 e. The number of ketones is 1. The van der Waals surface area contributed by atoms with Crippen LogP contribution in [0.15, 0.2) is 46.2 Å². The van der Waals surface area contributed by atoms with Crippen LogP contribution in [-0.4, -0.2) is 5.78 Å². The fourth-order valence-electron chi connectivity index (χ4n) is 0.576. The van der Waals surface area contributed by atoms with Gasteiger partial charge in [0.25, 0.3) is 0 Å². The molecule has 0 amide bonds. The van der Waals surface area contributed by atoms with Gasteiger partial charge in [-0.05, 0) is 39.3 Å². The van der Waals surface area contributed by atoms with E-state index in [4.69, 9.17) is 0 Å². The smallest absolute Gasteiger partial charge is 0.160 e. The van der Waals surface area contributed by atoms with Crippen LogP contribution in [-0.2, 0) is 4.79 Å². The lowest BCUT2D eigenvalue weighted by Gasteiger charge is -1.76. The van der Waals surface area contributed by atoms with Crippen LogP contribution in [0.4, 0.5) is 0 Å². The van der Waals surface area contributed by atoms with E-state index in [2.05, 4.69) is 22.9 Å². The van der Waals surface area contributed by atoms with Crippen LogP contribution < -0.4 is 0 Å². The molecule has 0 aromatic carbocycles. The van der Waals surface area contributed by atoms with E-state index >= 15 is 0 Å². The maximum Gasteiger partial charge on any atom is 0.160 e. The average molecular weight is 186 g/mol. The first-order chi connectivity index (χ1) is 6.52. The Labute approximate surface area is 85.1 Å². The van der Waals surface area contributed by atoms with Gasteiger partial charge in [-0.15, -0.1) is 0 Å². The van der Waals surface area contributed by atoms with Crippen molar-refractivity contribution in [3.05, 3.63) is 46.2 Å². The molecule has 0 aliphatic heterocycles. The van der Waals surface area contributed by atoms with Gasteiger partial charge in [0.05, 0.1) is 0 Å². The van der Waals surface area contributed by atoms with Crippen LogP contribution in [0.25, 0.3) is 0 Å². The van der Waals surface area contributed by atoms with E-state index in [1.165, 1.54) is 13.0 Å². The fraction of sp³-hybridized carbons (Fsp3) is 0.308. The van der Waals surface area contributed by atoms with Crippen LogP contribution in [0.1, 0.15) is 27.7 Å². The van der Waals surface area contributed by atoms with E-state index in [1.54, 1.807) is 6.08 Å². The minimum absolute atomic E-state index is 0.0332. The SMILES string of the molecule is CC(=O)C=C=C=C(C)C=C=C=C(C)C. The molecule has 72 valence electrons. The molecule has 0 N–H and O–H groups in total. The highest BCUT2D eigenvalue weighted by Crippen LogP contribution is 1.89. The van der Waals surface area contributed by atoms with Crippen LogP contribution >= 0.6 is 0 Å². The van der Waals surface area contributed by atoms with Crippen molar-refractivity contribution in [3.8, 4) is 0 Å². The summed E-state index contributed by atoms with van der Waals surface area (Å²) in [6.07, 6.45) is 3.09. The molecule has 0 aromatic heterocycles. The van der Waals surface area contributed by atoms with Crippen molar-refractivity contribution >= 4 is 5.78 Å². The third kappa shape index (κ3) is 8.37. The number of allylic oxidation sites excluding steroid dienone is 4. The lowest BCUT2D eigenvalue weighted by molar-refractivity contribution is -0.112. The molecule has 0 aromatic rings. The Kier molecular flexibility index (Phi) is 5.92. The second kappa shape index (κ2) is 6.75. The summed E-state index contributed by atoms with van der Waals surface area (Å²) in [6.45, 7) is 7.24. The fourth-order valence-corrected chi connectivity index (χ4v) is 0.576. The van der Waals surface area contributed by atoms with Crippen molar-refractivity contribution in [2.24, 2.45) is 0 Å². The van der Waals surface area contributed by atoms with Gasteiger partial charge in [0, 0.05) is 11.6 Å². The van der Waals surface area contributed by atoms with Gasteiger partial charge in [0.2, 0.25) is 0 Å². The van der Waals surface area contributed by atoms with Crippen molar-refractivity contribution in [1.82, 2.24) is 0 Å². The summed E-state index contributed by atoms with van der Waals surface area (Å²) >= 11 is 0. The highest BCUT2D eigenvalue weighted by Gasteiger charge is 1.76. The van der Waals surface area contributed by atoms with Crippen LogP contribution in [0.2, 0.25) is 0 Å². The molecule has 0 spiro atoms. The van der Waals surface area contributed by atoms with E-state index in [1.807, 2.05) is 20.8 Å². The van der Waals surface area contributed by atoms with Crippen LogP contribution in [0.3, 0.4) is 0 Å². The first-order valence-corrected chi connectivity index (χ1v) is 4.36. The summed E-state index contributed by atoms with van der Waals surface area (Å²) in [5, 5.41) is 0. The molecule has 0 unspecified atom stereocenters. The molecule has 14 heavy (non-hydrogen) atoms. The molecule has 0 atom stereocenters. The molecule has 1 heteroatoms. The van der Waals surface area contributed by atoms with Gasteiger partial charge in [-0.2, -0.15) is 0 Å². The molecule has 0 saturated heterocycles. The van der Waals surface area contributed by atoms with Gasteiger partial charge in [0.1, 0.15) is 0 Å². The van der Waals surface area contributed by atoms with Gasteiger partial charge in [0.15, 0.2) is 5.78 Å². The molecular weight excluding hydrogens is 172 g/mol. The van der Waals surface area contributed by atoms with E-state index in [0.29, 0.717) is 0 Å². The summed E-state index contributed by atoms with van der Waals surface area (Å²) in [5.74, 6) is -0.0332. The summed E-state index contributed by atoms with van der Waals surface area (Å²) in [5.41, 5.74) is 13.2. The lowest BCUT2D eigenvalue weighted by Crippen LogP contribution is -1.75. The van der Waals surface area contributed by atoms with Crippen molar-refractivity contribution in [3.63, 3.8) is 0 Å². The Hall–Kier alpha value is -1.73. The normalized spacial score (nSPS) is 7.14. The number of hydrogen-bond donors (Lipinski definition) is 0. The van der Waals surface area contributed by atoms with Gasteiger partial charge in [-0.1, -0.05) is 22.9 Å². The predicted octanol–water partition coefficient (Wildman–Crippen LogP) is 3.11. The zero-order chi connectivity index (χ0) is 11.0. The van der Waals surface area contributed by atoms with E-state index in [9.17, 15) is 4.79 Å². The first-order valence-electron chi connectivity index (χ1n) is 4.36. The predicted molar refractivity (Wildman–Crippen MR) is 57.9 cm³/mol. The van der Waals surface area contributed by atoms with Crippen molar-refractivity contribution in [2.75, 3.05) is 0 Å². The van der Waals surface area contributed by atoms with Crippen molar-refractivity contribution in [1.29, 1.82) is 0 Å². The molecule has 0 bridgehead atoms. The Bertz CT molecular complexity index is 406. The highest BCUT2D eigenvalue weighted by atomic mass is 16.1. The molecule has 0 radical (unpaired) electrons. The Morgan fingerprint density at radius 2 is 1.50 bits per heavy atom. The zero-order valence-electron chi connectivity index (χ0n) is 9.06. The zero-order valence-corrected chi connectivity index (χ0v) is 9.06. The van der Waals surface area contributed by atoms with Gasteiger partial charge in [-0.3, -0.25) is 4.79 Å². The summed E-state index contributed by atoms with van der Waals surface area (Å²) in [7, 11) is 0. The first kappa shape index (κ1) is 12.3. The maximum absolute atomic E-state index is 10.5. The third-order valence-corrected chi connectivity index (χ3v) is 1.16. The van der Waals surface area contributed by atoms with Crippen molar-refractivity contribution in [2.45, 2.75) is 27.7 Å². The molecule has 0 fully saturated rings. The number of carbonyl (C=O) groups excluding carboxylic acids is 1. The van der Waals surface area contributed by atoms with Gasteiger partial charge < -0.3 is 0 Å². The van der Waals surface area contributed by atoms with E-state index in [0.717, 1.165) is 11.1 Å². The molecule has 0 rings (SSSR count). The minimum atomic E-state index is -0.0332.